The number of hydrogen-bond acceptors (Lipinski definition) is 5. The number of hydrogen-bond donors (Lipinski definition) is 1. The van der Waals surface area contributed by atoms with Crippen molar-refractivity contribution in [2.75, 3.05) is 12.0 Å². The molecule has 6 heteroatoms. The average molecular weight is 292 g/mol. The highest BCUT2D eigenvalue weighted by Gasteiger charge is 2.31. The number of amides is 1. The second-order valence-corrected chi connectivity index (χ2v) is 4.80. The monoisotopic (exact) mass is 292 g/mol. The van der Waals surface area contributed by atoms with E-state index in [1.807, 2.05) is 32.0 Å². The van der Waals surface area contributed by atoms with Crippen molar-refractivity contribution in [3.05, 3.63) is 29.3 Å². The van der Waals surface area contributed by atoms with Crippen LogP contribution in [0.3, 0.4) is 0 Å². The van der Waals surface area contributed by atoms with Gasteiger partial charge in [-0.05, 0) is 38.8 Å². The van der Waals surface area contributed by atoms with Crippen LogP contribution < -0.4 is 4.90 Å². The van der Waals surface area contributed by atoms with E-state index < -0.39 is 17.9 Å². The van der Waals surface area contributed by atoms with Crippen LogP contribution in [-0.4, -0.2) is 35.9 Å². The van der Waals surface area contributed by atoms with E-state index in [1.165, 1.54) is 18.9 Å². The second-order valence-electron chi connectivity index (χ2n) is 4.80. The fraction of sp³-hybridized carbons (Fsp3) is 0.400. The van der Waals surface area contributed by atoms with E-state index in [0.717, 1.165) is 11.1 Å². The lowest BCUT2D eigenvalue weighted by molar-refractivity contribution is -0.142. The molecule has 1 amide bonds. The highest BCUT2D eigenvalue weighted by molar-refractivity contribution is 6.43. The first kappa shape index (κ1) is 16.7. The van der Waals surface area contributed by atoms with E-state index in [9.17, 15) is 9.59 Å². The Hall–Kier alpha value is -2.37. The zero-order chi connectivity index (χ0) is 16.2. The normalized spacial score (nSPS) is 12.7. The molecular weight excluding hydrogens is 272 g/mol. The number of ether oxygens (including phenoxy) is 1. The summed E-state index contributed by atoms with van der Waals surface area (Å²) in [4.78, 5) is 25.6. The molecule has 0 bridgehead atoms. The number of esters is 1. The number of para-hydroxylation sites is 1. The lowest BCUT2D eigenvalue weighted by atomic mass is 10.1. The molecule has 1 aromatic rings. The van der Waals surface area contributed by atoms with Gasteiger partial charge in [0.25, 0.3) is 5.91 Å². The van der Waals surface area contributed by atoms with Crippen molar-refractivity contribution >= 4 is 23.3 Å². The Morgan fingerprint density at radius 1 is 1.29 bits per heavy atom. The Kier molecular flexibility index (Phi) is 5.46. The molecule has 0 aliphatic carbocycles. The topological polar surface area (TPSA) is 79.2 Å². The third-order valence-electron chi connectivity index (χ3n) is 3.29. The predicted molar refractivity (Wildman–Crippen MR) is 79.8 cm³/mol. The van der Waals surface area contributed by atoms with Crippen LogP contribution in [0.4, 0.5) is 5.69 Å². The minimum atomic E-state index is -0.834. The number of carbonyl (C=O) groups excluding carboxylic acids is 2. The summed E-state index contributed by atoms with van der Waals surface area (Å²) in [5.74, 6) is -1.09. The number of rotatable bonds is 4. The molecule has 1 unspecified atom stereocenters. The lowest BCUT2D eigenvalue weighted by Gasteiger charge is -2.30. The Morgan fingerprint density at radius 3 is 2.24 bits per heavy atom. The molecule has 0 fully saturated rings. The SMILES string of the molecule is COC(=O)C(C)N(C(=O)C(C)=NO)c1c(C)cccc1C. The van der Waals surface area contributed by atoms with Gasteiger partial charge in [0.2, 0.25) is 0 Å². The molecule has 0 heterocycles. The molecule has 6 nitrogen and oxygen atoms in total. The van der Waals surface area contributed by atoms with Crippen LogP contribution >= 0.6 is 0 Å². The first-order chi connectivity index (χ1) is 9.84. The predicted octanol–water partition coefficient (Wildman–Crippen LogP) is 2.05. The summed E-state index contributed by atoms with van der Waals surface area (Å²) in [5, 5.41) is 11.8. The van der Waals surface area contributed by atoms with E-state index in [2.05, 4.69) is 5.16 Å². The van der Waals surface area contributed by atoms with Gasteiger partial charge in [-0.25, -0.2) is 4.79 Å². The number of oxime groups is 1. The molecule has 0 saturated carbocycles. The van der Waals surface area contributed by atoms with E-state index in [4.69, 9.17) is 9.94 Å². The maximum atomic E-state index is 12.5. The smallest absolute Gasteiger partial charge is 0.328 e. The Labute approximate surface area is 124 Å². The molecule has 0 saturated heterocycles. The van der Waals surface area contributed by atoms with E-state index in [-0.39, 0.29) is 5.71 Å². The highest BCUT2D eigenvalue weighted by Crippen LogP contribution is 2.27. The fourth-order valence-electron chi connectivity index (χ4n) is 2.15. The molecule has 1 N–H and O–H groups in total. The number of benzene rings is 1. The van der Waals surface area contributed by atoms with E-state index in [0.29, 0.717) is 5.69 Å². The number of aryl methyl sites for hydroxylation is 2. The number of carbonyl (C=O) groups is 2. The van der Waals surface area contributed by atoms with Crippen molar-refractivity contribution in [1.29, 1.82) is 0 Å². The molecule has 1 atom stereocenters. The third-order valence-corrected chi connectivity index (χ3v) is 3.29. The second kappa shape index (κ2) is 6.88. The quantitative estimate of drug-likeness (QED) is 0.398. The minimum Gasteiger partial charge on any atom is -0.467 e. The third kappa shape index (κ3) is 3.39. The van der Waals surface area contributed by atoms with Gasteiger partial charge in [-0.2, -0.15) is 0 Å². The lowest BCUT2D eigenvalue weighted by Crippen LogP contribution is -2.47. The van der Waals surface area contributed by atoms with Crippen molar-refractivity contribution in [1.82, 2.24) is 0 Å². The number of nitrogens with zero attached hydrogens (tertiary/aromatic N) is 2. The molecule has 21 heavy (non-hydrogen) atoms. The van der Waals surface area contributed by atoms with Gasteiger partial charge >= 0.3 is 5.97 Å². The summed E-state index contributed by atoms with van der Waals surface area (Å²) in [7, 11) is 1.26. The summed E-state index contributed by atoms with van der Waals surface area (Å²) in [5.41, 5.74) is 2.19. The molecule has 1 aromatic carbocycles. The van der Waals surface area contributed by atoms with Gasteiger partial charge in [0, 0.05) is 0 Å². The van der Waals surface area contributed by atoms with Gasteiger partial charge in [0.05, 0.1) is 12.8 Å². The molecular formula is C15H20N2O4. The molecule has 0 aromatic heterocycles. The first-order valence-corrected chi connectivity index (χ1v) is 6.51. The molecule has 1 rings (SSSR count). The van der Waals surface area contributed by atoms with Gasteiger partial charge in [-0.1, -0.05) is 23.4 Å². The average Bonchev–Trinajstić information content (AvgIpc) is 2.48. The van der Waals surface area contributed by atoms with E-state index in [1.54, 1.807) is 6.92 Å². The van der Waals surface area contributed by atoms with Crippen LogP contribution in [0.2, 0.25) is 0 Å². The van der Waals surface area contributed by atoms with Gasteiger partial charge < -0.3 is 9.94 Å². The van der Waals surface area contributed by atoms with Crippen LogP contribution in [0.25, 0.3) is 0 Å². The van der Waals surface area contributed by atoms with Crippen LogP contribution in [0.1, 0.15) is 25.0 Å². The van der Waals surface area contributed by atoms with Crippen molar-refractivity contribution in [2.45, 2.75) is 33.7 Å². The molecule has 114 valence electrons. The van der Waals surface area contributed by atoms with Crippen LogP contribution in [0.5, 0.6) is 0 Å². The van der Waals surface area contributed by atoms with E-state index >= 15 is 0 Å². The van der Waals surface area contributed by atoms with Crippen LogP contribution in [0, 0.1) is 13.8 Å². The van der Waals surface area contributed by atoms with Crippen molar-refractivity contribution < 1.29 is 19.5 Å². The standard InChI is InChI=1S/C15H20N2O4/c1-9-7-6-8-10(2)13(9)17(12(4)15(19)21-5)14(18)11(3)16-20/h6-8,12,20H,1-5H3. The van der Waals surface area contributed by atoms with Gasteiger partial charge in [0.15, 0.2) is 0 Å². The van der Waals surface area contributed by atoms with Gasteiger partial charge in [-0.15, -0.1) is 0 Å². The van der Waals surface area contributed by atoms with Crippen LogP contribution in [0.15, 0.2) is 23.4 Å². The van der Waals surface area contributed by atoms with Gasteiger partial charge in [-0.3, -0.25) is 9.69 Å². The Bertz CT molecular complexity index is 561. The van der Waals surface area contributed by atoms with Crippen LogP contribution in [-0.2, 0) is 14.3 Å². The molecule has 0 spiro atoms. The zero-order valence-electron chi connectivity index (χ0n) is 12.9. The number of methoxy groups -OCH3 is 1. The fourth-order valence-corrected chi connectivity index (χ4v) is 2.15. The summed E-state index contributed by atoms with van der Waals surface area (Å²) < 4.78 is 4.72. The number of anilines is 1. The van der Waals surface area contributed by atoms with Crippen molar-refractivity contribution in [3.63, 3.8) is 0 Å². The molecule has 0 radical (unpaired) electrons. The summed E-state index contributed by atoms with van der Waals surface area (Å²) in [6.45, 7) is 6.64. The summed E-state index contributed by atoms with van der Waals surface area (Å²) in [6, 6.07) is 4.72. The minimum absolute atomic E-state index is 0.103. The highest BCUT2D eigenvalue weighted by atomic mass is 16.5. The molecule has 0 aliphatic rings. The van der Waals surface area contributed by atoms with Crippen molar-refractivity contribution in [2.24, 2.45) is 5.16 Å². The van der Waals surface area contributed by atoms with Gasteiger partial charge in [0.1, 0.15) is 11.8 Å². The Morgan fingerprint density at radius 2 is 1.81 bits per heavy atom. The zero-order valence-corrected chi connectivity index (χ0v) is 12.9. The molecule has 0 aliphatic heterocycles. The maximum Gasteiger partial charge on any atom is 0.328 e. The van der Waals surface area contributed by atoms with Crippen molar-refractivity contribution in [3.8, 4) is 0 Å². The first-order valence-electron chi connectivity index (χ1n) is 6.51. The maximum absolute atomic E-state index is 12.5. The summed E-state index contributed by atoms with van der Waals surface area (Å²) in [6.07, 6.45) is 0. The Balaban J connectivity index is 3.45. The largest absolute Gasteiger partial charge is 0.467 e. The summed E-state index contributed by atoms with van der Waals surface area (Å²) >= 11 is 0.